The predicted molar refractivity (Wildman–Crippen MR) is 121 cm³/mol. The third kappa shape index (κ3) is 4.58. The molecular weight excluding hydrogens is 422 g/mol. The lowest BCUT2D eigenvalue weighted by molar-refractivity contribution is -0.113. The molecule has 0 saturated carbocycles. The zero-order chi connectivity index (χ0) is 20.4. The number of anilines is 1. The smallest absolute Gasteiger partial charge is 0.236 e. The van der Waals surface area contributed by atoms with Gasteiger partial charge in [-0.2, -0.15) is 0 Å². The third-order valence-electron chi connectivity index (χ3n) is 4.25. The second-order valence-corrected chi connectivity index (χ2v) is 9.47. The fourth-order valence-corrected chi connectivity index (χ4v) is 4.85. The maximum atomic E-state index is 12.3. The number of carbonyl (C=O) groups excluding carboxylic acids is 1. The van der Waals surface area contributed by atoms with Gasteiger partial charge in [-0.3, -0.25) is 4.79 Å². The maximum Gasteiger partial charge on any atom is 0.236 e. The van der Waals surface area contributed by atoms with Crippen LogP contribution in [0.15, 0.2) is 46.2 Å². The molecule has 148 valence electrons. The number of nitrogens with one attached hydrogen (secondary N) is 1. The van der Waals surface area contributed by atoms with Gasteiger partial charge >= 0.3 is 0 Å². The van der Waals surface area contributed by atoms with Crippen molar-refractivity contribution in [1.29, 1.82) is 0 Å². The van der Waals surface area contributed by atoms with Crippen LogP contribution in [0.5, 0.6) is 0 Å². The molecule has 0 spiro atoms. The molecule has 0 aliphatic rings. The largest absolute Gasteiger partial charge is 0.305 e. The number of thioether (sulfide) groups is 1. The van der Waals surface area contributed by atoms with Gasteiger partial charge < -0.3 is 9.88 Å². The standard InChI is InChI=1S/C20H19N5OS3/c1-12-4-6-14(7-5-12)16-10-28-19(21-16)22-17(26)11-29-20-24-23-18(25(20)3)15-8-13(2)27-9-15/h4-10H,11H2,1-3H3,(H,21,22,26). The van der Waals surface area contributed by atoms with Gasteiger partial charge in [0.05, 0.1) is 11.4 Å². The number of nitrogens with zero attached hydrogens (tertiary/aromatic N) is 4. The van der Waals surface area contributed by atoms with Crippen molar-refractivity contribution < 1.29 is 4.79 Å². The summed E-state index contributed by atoms with van der Waals surface area (Å²) in [4.78, 5) is 18.1. The maximum absolute atomic E-state index is 12.3. The molecule has 6 nitrogen and oxygen atoms in total. The number of aryl methyl sites for hydroxylation is 2. The van der Waals surface area contributed by atoms with Gasteiger partial charge in [-0.15, -0.1) is 32.9 Å². The molecule has 4 rings (SSSR count). The molecule has 0 saturated heterocycles. The summed E-state index contributed by atoms with van der Waals surface area (Å²) < 4.78 is 1.92. The van der Waals surface area contributed by atoms with Crippen LogP contribution in [0.1, 0.15) is 10.4 Å². The van der Waals surface area contributed by atoms with E-state index in [-0.39, 0.29) is 11.7 Å². The van der Waals surface area contributed by atoms with Crippen LogP contribution in [0.2, 0.25) is 0 Å². The summed E-state index contributed by atoms with van der Waals surface area (Å²) in [5, 5.41) is 16.7. The van der Waals surface area contributed by atoms with E-state index in [1.54, 1.807) is 11.3 Å². The predicted octanol–water partition coefficient (Wildman–Crippen LogP) is 5.01. The molecule has 9 heteroatoms. The van der Waals surface area contributed by atoms with Crippen molar-refractivity contribution >= 4 is 45.5 Å². The molecule has 0 aliphatic heterocycles. The Morgan fingerprint density at radius 1 is 1.10 bits per heavy atom. The van der Waals surface area contributed by atoms with Crippen molar-refractivity contribution in [3.8, 4) is 22.6 Å². The van der Waals surface area contributed by atoms with E-state index in [0.29, 0.717) is 10.3 Å². The van der Waals surface area contributed by atoms with E-state index >= 15 is 0 Å². The minimum atomic E-state index is -0.115. The lowest BCUT2D eigenvalue weighted by Gasteiger charge is -2.03. The van der Waals surface area contributed by atoms with Crippen LogP contribution in [-0.4, -0.2) is 31.4 Å². The molecule has 0 unspecified atom stereocenters. The lowest BCUT2D eigenvalue weighted by Crippen LogP contribution is -2.14. The molecule has 0 fully saturated rings. The van der Waals surface area contributed by atoms with Crippen molar-refractivity contribution in [1.82, 2.24) is 19.7 Å². The summed E-state index contributed by atoms with van der Waals surface area (Å²) in [5.74, 6) is 0.935. The minimum Gasteiger partial charge on any atom is -0.305 e. The Morgan fingerprint density at radius 3 is 2.62 bits per heavy atom. The van der Waals surface area contributed by atoms with Crippen molar-refractivity contribution in [3.05, 3.63) is 51.5 Å². The first kappa shape index (κ1) is 19.8. The van der Waals surface area contributed by atoms with Crippen LogP contribution < -0.4 is 5.32 Å². The van der Waals surface area contributed by atoms with Crippen molar-refractivity contribution in [3.63, 3.8) is 0 Å². The molecule has 1 N–H and O–H groups in total. The molecular formula is C20H19N5OS3. The molecule has 0 atom stereocenters. The van der Waals surface area contributed by atoms with E-state index < -0.39 is 0 Å². The van der Waals surface area contributed by atoms with Gasteiger partial charge in [0, 0.05) is 33.8 Å². The fourth-order valence-electron chi connectivity index (χ4n) is 2.73. The van der Waals surface area contributed by atoms with Gasteiger partial charge in [0.25, 0.3) is 0 Å². The van der Waals surface area contributed by atoms with Crippen molar-refractivity contribution in [2.75, 3.05) is 11.1 Å². The van der Waals surface area contributed by atoms with Gasteiger partial charge in [-0.05, 0) is 19.9 Å². The van der Waals surface area contributed by atoms with Crippen LogP contribution in [-0.2, 0) is 11.8 Å². The Balaban J connectivity index is 1.36. The average Bonchev–Trinajstić information content (AvgIpc) is 3.41. The number of thiazole rings is 1. The molecule has 0 aliphatic carbocycles. The molecule has 3 aromatic heterocycles. The Kier molecular flexibility index (Phi) is 5.79. The summed E-state index contributed by atoms with van der Waals surface area (Å²) in [6.45, 7) is 4.11. The van der Waals surface area contributed by atoms with Gasteiger partial charge in [0.15, 0.2) is 16.1 Å². The molecule has 0 radical (unpaired) electrons. The molecule has 1 amide bonds. The number of hydrogen-bond acceptors (Lipinski definition) is 7. The van der Waals surface area contributed by atoms with E-state index in [2.05, 4.69) is 57.9 Å². The monoisotopic (exact) mass is 441 g/mol. The summed E-state index contributed by atoms with van der Waals surface area (Å²) in [6, 6.07) is 10.3. The number of hydrogen-bond donors (Lipinski definition) is 1. The molecule has 4 aromatic rings. The van der Waals surface area contributed by atoms with E-state index in [1.165, 1.54) is 33.5 Å². The van der Waals surface area contributed by atoms with Crippen LogP contribution in [0.4, 0.5) is 5.13 Å². The molecule has 1 aromatic carbocycles. The van der Waals surface area contributed by atoms with Crippen molar-refractivity contribution in [2.24, 2.45) is 7.05 Å². The highest BCUT2D eigenvalue weighted by Gasteiger charge is 2.14. The summed E-state index contributed by atoms with van der Waals surface area (Å²) >= 11 is 4.46. The van der Waals surface area contributed by atoms with Gasteiger partial charge in [0.2, 0.25) is 5.91 Å². The highest BCUT2D eigenvalue weighted by molar-refractivity contribution is 7.99. The minimum absolute atomic E-state index is 0.115. The van der Waals surface area contributed by atoms with Gasteiger partial charge in [0.1, 0.15) is 0 Å². The first-order valence-corrected chi connectivity index (χ1v) is 11.6. The Morgan fingerprint density at radius 2 is 1.90 bits per heavy atom. The van der Waals surface area contributed by atoms with Crippen LogP contribution >= 0.6 is 34.4 Å². The Bertz CT molecular complexity index is 1140. The van der Waals surface area contributed by atoms with Gasteiger partial charge in [-0.25, -0.2) is 4.98 Å². The molecule has 3 heterocycles. The average molecular weight is 442 g/mol. The molecule has 0 bridgehead atoms. The fraction of sp³-hybridized carbons (Fsp3) is 0.200. The Hall–Kier alpha value is -2.49. The van der Waals surface area contributed by atoms with Crippen LogP contribution in [0.25, 0.3) is 22.6 Å². The number of rotatable bonds is 6. The summed E-state index contributed by atoms with van der Waals surface area (Å²) in [6.07, 6.45) is 0. The second-order valence-electron chi connectivity index (χ2n) is 6.55. The Labute approximate surface area is 181 Å². The van der Waals surface area contributed by atoms with Crippen LogP contribution in [0, 0.1) is 13.8 Å². The van der Waals surface area contributed by atoms with Crippen LogP contribution in [0.3, 0.4) is 0 Å². The number of aromatic nitrogens is 4. The number of benzene rings is 1. The lowest BCUT2D eigenvalue weighted by atomic mass is 10.1. The third-order valence-corrected chi connectivity index (χ3v) is 6.89. The zero-order valence-corrected chi connectivity index (χ0v) is 18.6. The number of amides is 1. The highest BCUT2D eigenvalue weighted by atomic mass is 32.2. The first-order valence-electron chi connectivity index (χ1n) is 8.90. The quantitative estimate of drug-likeness (QED) is 0.426. The van der Waals surface area contributed by atoms with E-state index in [4.69, 9.17) is 0 Å². The summed E-state index contributed by atoms with van der Waals surface area (Å²) in [5.41, 5.74) is 4.15. The zero-order valence-electron chi connectivity index (χ0n) is 16.2. The summed E-state index contributed by atoms with van der Waals surface area (Å²) in [7, 11) is 1.91. The first-order chi connectivity index (χ1) is 14.0. The van der Waals surface area contributed by atoms with E-state index in [1.807, 2.05) is 29.1 Å². The number of carbonyl (C=O) groups is 1. The second kappa shape index (κ2) is 8.48. The molecule has 29 heavy (non-hydrogen) atoms. The van der Waals surface area contributed by atoms with E-state index in [9.17, 15) is 4.79 Å². The van der Waals surface area contributed by atoms with Crippen molar-refractivity contribution in [2.45, 2.75) is 19.0 Å². The topological polar surface area (TPSA) is 72.7 Å². The normalized spacial score (nSPS) is 11.0. The van der Waals surface area contributed by atoms with E-state index in [0.717, 1.165) is 22.6 Å². The van der Waals surface area contributed by atoms with Gasteiger partial charge in [-0.1, -0.05) is 41.6 Å². The SMILES string of the molecule is Cc1ccc(-c2csc(NC(=O)CSc3nnc(-c4csc(C)c4)n3C)n2)cc1. The highest BCUT2D eigenvalue weighted by Crippen LogP contribution is 2.27. The number of thiophene rings is 1.